The van der Waals surface area contributed by atoms with Crippen molar-refractivity contribution < 1.29 is 0 Å². The van der Waals surface area contributed by atoms with Crippen LogP contribution in [-0.4, -0.2) is 0 Å². The maximum Gasteiger partial charge on any atom is 0.129 e. The van der Waals surface area contributed by atoms with Crippen molar-refractivity contribution in [2.75, 3.05) is 0 Å². The quantitative estimate of drug-likeness (QED) is 0.426. The molecule has 0 N–H and O–H groups in total. The minimum absolute atomic E-state index is 0.112. The Labute approximate surface area is 152 Å². The van der Waals surface area contributed by atoms with Crippen molar-refractivity contribution >= 4 is 0 Å². The van der Waals surface area contributed by atoms with Crippen LogP contribution in [-0.2, 0) is 0 Å². The molecule has 0 radical (unpaired) electrons. The molecule has 0 spiro atoms. The second kappa shape index (κ2) is 9.65. The largest absolute Gasteiger partial charge is 0.192 e. The summed E-state index contributed by atoms with van der Waals surface area (Å²) in [5.41, 5.74) is 5.53. The predicted molar refractivity (Wildman–Crippen MR) is 105 cm³/mol. The molecule has 0 amide bonds. The zero-order valence-corrected chi connectivity index (χ0v) is 16.1. The lowest BCUT2D eigenvalue weighted by Gasteiger charge is -2.32. The molecular formula is C23H28N2. The van der Waals surface area contributed by atoms with E-state index in [0.29, 0.717) is 0 Å². The number of nitrogens with zero attached hydrogens (tertiary/aromatic N) is 2. The van der Waals surface area contributed by atoms with Crippen LogP contribution >= 0.6 is 0 Å². The average Bonchev–Trinajstić information content (AvgIpc) is 2.54. The van der Waals surface area contributed by atoms with E-state index in [1.165, 1.54) is 42.1 Å². The maximum absolute atomic E-state index is 8.70. The number of hydrogen-bond donors (Lipinski definition) is 0. The molecule has 0 aromatic carbocycles. The highest BCUT2D eigenvalue weighted by molar-refractivity contribution is 5.40. The molecule has 0 aliphatic heterocycles. The first kappa shape index (κ1) is 20.5. The second-order valence-electron chi connectivity index (χ2n) is 7.25. The summed E-state index contributed by atoms with van der Waals surface area (Å²) in [5.74, 6) is 0. The van der Waals surface area contributed by atoms with Crippen LogP contribution in [0.4, 0.5) is 0 Å². The Morgan fingerprint density at radius 3 is 2.24 bits per heavy atom. The third kappa shape index (κ3) is 6.82. The van der Waals surface area contributed by atoms with E-state index in [4.69, 9.17) is 10.5 Å². The van der Waals surface area contributed by atoms with Gasteiger partial charge in [0.1, 0.15) is 17.7 Å². The summed E-state index contributed by atoms with van der Waals surface area (Å²) in [5, 5.41) is 17.4. The molecule has 1 aliphatic rings. The van der Waals surface area contributed by atoms with Crippen molar-refractivity contribution in [3.63, 3.8) is 0 Å². The number of rotatable bonds is 5. The van der Waals surface area contributed by atoms with Crippen molar-refractivity contribution in [3.8, 4) is 12.1 Å². The van der Waals surface area contributed by atoms with Crippen LogP contribution in [0.2, 0.25) is 0 Å². The van der Waals surface area contributed by atoms with Crippen LogP contribution in [0.25, 0.3) is 0 Å². The molecule has 0 heterocycles. The van der Waals surface area contributed by atoms with Gasteiger partial charge in [0.2, 0.25) is 0 Å². The van der Waals surface area contributed by atoms with Gasteiger partial charge >= 0.3 is 0 Å². The molecule has 25 heavy (non-hydrogen) atoms. The molecule has 1 aliphatic carbocycles. The monoisotopic (exact) mass is 332 g/mol. The first-order valence-corrected chi connectivity index (χ1v) is 8.72. The fourth-order valence-electron chi connectivity index (χ4n) is 3.00. The normalized spacial score (nSPS) is 18.4. The Bertz CT molecular complexity index is 735. The molecule has 0 saturated heterocycles. The van der Waals surface area contributed by atoms with Gasteiger partial charge in [0, 0.05) is 0 Å². The molecule has 1 rings (SSSR count). The molecule has 0 saturated carbocycles. The molecule has 0 unspecified atom stereocenters. The average molecular weight is 332 g/mol. The van der Waals surface area contributed by atoms with Crippen LogP contribution in [0, 0.1) is 28.1 Å². The van der Waals surface area contributed by atoms with E-state index < -0.39 is 0 Å². The van der Waals surface area contributed by atoms with E-state index >= 15 is 0 Å². The van der Waals surface area contributed by atoms with Crippen molar-refractivity contribution in [2.24, 2.45) is 5.41 Å². The Hall–Kier alpha value is -2.58. The Morgan fingerprint density at radius 1 is 1.00 bits per heavy atom. The van der Waals surface area contributed by atoms with Crippen molar-refractivity contribution in [1.82, 2.24) is 0 Å². The fraction of sp³-hybridized carbons (Fsp3) is 0.391. The fourth-order valence-corrected chi connectivity index (χ4v) is 3.00. The van der Waals surface area contributed by atoms with Gasteiger partial charge in [-0.05, 0) is 57.1 Å². The summed E-state index contributed by atoms with van der Waals surface area (Å²) in [7, 11) is 0. The molecule has 130 valence electrons. The minimum atomic E-state index is 0.112. The van der Waals surface area contributed by atoms with Gasteiger partial charge in [-0.2, -0.15) is 10.5 Å². The summed E-state index contributed by atoms with van der Waals surface area (Å²) in [6, 6.07) is 3.69. The van der Waals surface area contributed by atoms with E-state index in [0.717, 1.165) is 5.57 Å². The summed E-state index contributed by atoms with van der Waals surface area (Å²) in [6.45, 7) is 10.9. The SMILES string of the molecule is CC(C=CC1=C(C)CCCC1(C)C)=CC=CC(C)=CC=C(C#N)C#N. The Kier molecular flexibility index (Phi) is 7.90. The summed E-state index contributed by atoms with van der Waals surface area (Å²) >= 11 is 0. The van der Waals surface area contributed by atoms with Crippen molar-refractivity contribution in [1.29, 1.82) is 10.5 Å². The van der Waals surface area contributed by atoms with Crippen molar-refractivity contribution in [2.45, 2.75) is 53.9 Å². The van der Waals surface area contributed by atoms with Crippen LogP contribution in [0.5, 0.6) is 0 Å². The van der Waals surface area contributed by atoms with Crippen LogP contribution < -0.4 is 0 Å². The Balaban J connectivity index is 2.80. The highest BCUT2D eigenvalue weighted by Crippen LogP contribution is 2.40. The Morgan fingerprint density at radius 2 is 1.64 bits per heavy atom. The van der Waals surface area contributed by atoms with Crippen molar-refractivity contribution in [3.05, 3.63) is 70.4 Å². The van der Waals surface area contributed by atoms with Crippen LogP contribution in [0.1, 0.15) is 53.9 Å². The second-order valence-corrected chi connectivity index (χ2v) is 7.25. The van der Waals surface area contributed by atoms with Gasteiger partial charge in [0.05, 0.1) is 0 Å². The smallest absolute Gasteiger partial charge is 0.129 e. The van der Waals surface area contributed by atoms with Crippen LogP contribution in [0.3, 0.4) is 0 Å². The molecule has 0 aromatic rings. The summed E-state index contributed by atoms with van der Waals surface area (Å²) in [4.78, 5) is 0. The van der Waals surface area contributed by atoms with Gasteiger partial charge < -0.3 is 0 Å². The van der Waals surface area contributed by atoms with E-state index in [2.05, 4.69) is 45.9 Å². The number of allylic oxidation sites excluding steroid dienone is 12. The molecular weight excluding hydrogens is 304 g/mol. The van der Waals surface area contributed by atoms with Gasteiger partial charge in [0.15, 0.2) is 0 Å². The summed E-state index contributed by atoms with van der Waals surface area (Å²) < 4.78 is 0. The van der Waals surface area contributed by atoms with Gasteiger partial charge in [-0.15, -0.1) is 0 Å². The standard InChI is InChI=1S/C23H28N2/c1-18(11-13-21(16-24)17-25)8-6-9-19(2)12-14-22-20(3)10-7-15-23(22,4)5/h6,8-9,11-14H,7,10,15H2,1-5H3. The van der Waals surface area contributed by atoms with E-state index in [1.54, 1.807) is 6.08 Å². The van der Waals surface area contributed by atoms with E-state index in [9.17, 15) is 0 Å². The lowest BCUT2D eigenvalue weighted by Crippen LogP contribution is -2.19. The molecule has 0 fully saturated rings. The minimum Gasteiger partial charge on any atom is -0.192 e. The lowest BCUT2D eigenvalue weighted by atomic mass is 9.72. The third-order valence-corrected chi connectivity index (χ3v) is 4.53. The molecule has 0 aromatic heterocycles. The maximum atomic E-state index is 8.70. The van der Waals surface area contributed by atoms with Gasteiger partial charge in [0.25, 0.3) is 0 Å². The third-order valence-electron chi connectivity index (χ3n) is 4.53. The molecule has 0 atom stereocenters. The van der Waals surface area contributed by atoms with Gasteiger partial charge in [-0.1, -0.05) is 67.0 Å². The first-order valence-electron chi connectivity index (χ1n) is 8.72. The topological polar surface area (TPSA) is 47.6 Å². The molecule has 2 heteroatoms. The first-order chi connectivity index (χ1) is 11.8. The molecule has 2 nitrogen and oxygen atoms in total. The number of hydrogen-bond acceptors (Lipinski definition) is 2. The predicted octanol–water partition coefficient (Wildman–Crippen LogP) is 6.49. The highest BCUT2D eigenvalue weighted by atomic mass is 14.3. The molecule has 0 bridgehead atoms. The summed E-state index contributed by atoms with van der Waals surface area (Å²) in [6.07, 6.45) is 17.5. The van der Waals surface area contributed by atoms with E-state index in [-0.39, 0.29) is 11.0 Å². The van der Waals surface area contributed by atoms with E-state index in [1.807, 2.05) is 31.2 Å². The van der Waals surface area contributed by atoms with Crippen LogP contribution in [0.15, 0.2) is 70.4 Å². The van der Waals surface area contributed by atoms with Gasteiger partial charge in [-0.25, -0.2) is 0 Å². The number of nitriles is 2. The lowest BCUT2D eigenvalue weighted by molar-refractivity contribution is 0.377. The zero-order valence-electron chi connectivity index (χ0n) is 16.1. The zero-order chi connectivity index (χ0) is 18.9. The highest BCUT2D eigenvalue weighted by Gasteiger charge is 2.26. The van der Waals surface area contributed by atoms with Gasteiger partial charge in [-0.3, -0.25) is 0 Å².